The highest BCUT2D eigenvalue weighted by Crippen LogP contribution is 2.27. The fraction of sp³-hybridized carbons (Fsp3) is 0.588. The number of carbonyl (C=O) groups is 1. The highest BCUT2D eigenvalue weighted by molar-refractivity contribution is 5.71. The van der Waals surface area contributed by atoms with E-state index in [1.165, 1.54) is 0 Å². The molecule has 1 atom stereocenters. The highest BCUT2D eigenvalue weighted by Gasteiger charge is 2.29. The Balaban J connectivity index is 2.91. The second-order valence-corrected chi connectivity index (χ2v) is 5.20. The Labute approximate surface area is 127 Å². The Kier molecular flexibility index (Phi) is 7.23. The number of carbonyl (C=O) groups excluding carboxylic acids is 1. The molecule has 0 heterocycles. The molecule has 0 spiro atoms. The summed E-state index contributed by atoms with van der Waals surface area (Å²) >= 11 is 0. The number of rotatable bonds is 9. The van der Waals surface area contributed by atoms with Crippen LogP contribution in [0.4, 0.5) is 0 Å². The summed E-state index contributed by atoms with van der Waals surface area (Å²) in [5.74, 6) is 0.660. The fourth-order valence-electron chi connectivity index (χ4n) is 2.25. The lowest BCUT2D eigenvalue weighted by Gasteiger charge is -2.31. The van der Waals surface area contributed by atoms with Gasteiger partial charge in [-0.3, -0.25) is 4.79 Å². The van der Waals surface area contributed by atoms with E-state index in [2.05, 4.69) is 12.2 Å². The molecule has 21 heavy (non-hydrogen) atoms. The topological polar surface area (TPSA) is 47.6 Å². The molecule has 4 nitrogen and oxygen atoms in total. The van der Waals surface area contributed by atoms with Gasteiger partial charge in [-0.15, -0.1) is 0 Å². The number of benzene rings is 1. The minimum atomic E-state index is -0.424. The van der Waals surface area contributed by atoms with Gasteiger partial charge in [0.1, 0.15) is 5.75 Å². The molecule has 0 aliphatic rings. The van der Waals surface area contributed by atoms with Crippen molar-refractivity contribution in [3.63, 3.8) is 0 Å². The van der Waals surface area contributed by atoms with Crippen molar-refractivity contribution in [1.29, 1.82) is 0 Å². The molecule has 1 unspecified atom stereocenters. The van der Waals surface area contributed by atoms with E-state index in [4.69, 9.17) is 9.47 Å². The van der Waals surface area contributed by atoms with Crippen molar-refractivity contribution in [1.82, 2.24) is 5.32 Å². The van der Waals surface area contributed by atoms with Crippen LogP contribution in [0.3, 0.4) is 0 Å². The summed E-state index contributed by atoms with van der Waals surface area (Å²) in [6.07, 6.45) is 1.32. The van der Waals surface area contributed by atoms with Crippen LogP contribution in [0.15, 0.2) is 24.3 Å². The van der Waals surface area contributed by atoms with Crippen molar-refractivity contribution < 1.29 is 14.3 Å². The Morgan fingerprint density at radius 3 is 2.33 bits per heavy atom. The lowest BCUT2D eigenvalue weighted by molar-refractivity contribution is -0.144. The van der Waals surface area contributed by atoms with E-state index in [1.807, 2.05) is 45.0 Å². The van der Waals surface area contributed by atoms with Gasteiger partial charge in [0, 0.05) is 0 Å². The molecule has 0 fully saturated rings. The van der Waals surface area contributed by atoms with Gasteiger partial charge in [0.2, 0.25) is 0 Å². The van der Waals surface area contributed by atoms with Crippen molar-refractivity contribution in [2.75, 3.05) is 19.8 Å². The normalized spacial score (nSPS) is 13.5. The minimum absolute atomic E-state index is 0.183. The molecule has 0 aliphatic carbocycles. The maximum atomic E-state index is 11.9. The van der Waals surface area contributed by atoms with Crippen LogP contribution in [0.1, 0.15) is 46.1 Å². The highest BCUT2D eigenvalue weighted by atomic mass is 16.5. The molecular weight excluding hydrogens is 266 g/mol. The van der Waals surface area contributed by atoms with Gasteiger partial charge in [-0.2, -0.15) is 0 Å². The van der Waals surface area contributed by atoms with Gasteiger partial charge < -0.3 is 14.8 Å². The first-order valence-electron chi connectivity index (χ1n) is 7.69. The summed E-state index contributed by atoms with van der Waals surface area (Å²) in [5.41, 5.74) is 0.639. The van der Waals surface area contributed by atoms with E-state index in [9.17, 15) is 4.79 Å². The molecule has 0 bridgehead atoms. The van der Waals surface area contributed by atoms with Crippen molar-refractivity contribution in [2.45, 2.75) is 46.1 Å². The zero-order valence-electron chi connectivity index (χ0n) is 13.6. The van der Waals surface area contributed by atoms with Gasteiger partial charge in [0.25, 0.3) is 0 Å². The average molecular weight is 293 g/mol. The zero-order chi connectivity index (χ0) is 15.7. The quantitative estimate of drug-likeness (QED) is 0.710. The van der Waals surface area contributed by atoms with Crippen molar-refractivity contribution >= 4 is 5.97 Å². The van der Waals surface area contributed by atoms with Crippen LogP contribution in [-0.2, 0) is 15.1 Å². The first-order valence-corrected chi connectivity index (χ1v) is 7.69. The molecule has 0 saturated heterocycles. The van der Waals surface area contributed by atoms with E-state index in [0.29, 0.717) is 19.6 Å². The lowest BCUT2D eigenvalue weighted by Crippen LogP contribution is -2.42. The predicted molar refractivity (Wildman–Crippen MR) is 84.5 cm³/mol. The van der Waals surface area contributed by atoms with Crippen molar-refractivity contribution in [3.8, 4) is 5.75 Å². The summed E-state index contributed by atoms with van der Waals surface area (Å²) < 4.78 is 10.6. The minimum Gasteiger partial charge on any atom is -0.494 e. The molecule has 4 heteroatoms. The Morgan fingerprint density at radius 2 is 1.81 bits per heavy atom. The standard InChI is InChI=1S/C17H27NO3/c1-5-12-18-17(4,13-16(19)21-7-3)14-8-10-15(11-9-14)20-6-2/h8-11,18H,5-7,12-13H2,1-4H3. The van der Waals surface area contributed by atoms with E-state index in [0.717, 1.165) is 24.3 Å². The van der Waals surface area contributed by atoms with Crippen LogP contribution in [-0.4, -0.2) is 25.7 Å². The Hall–Kier alpha value is -1.55. The molecule has 118 valence electrons. The number of esters is 1. The summed E-state index contributed by atoms with van der Waals surface area (Å²) in [6.45, 7) is 9.83. The van der Waals surface area contributed by atoms with E-state index >= 15 is 0 Å². The molecule has 0 amide bonds. The van der Waals surface area contributed by atoms with E-state index < -0.39 is 5.54 Å². The zero-order valence-corrected chi connectivity index (χ0v) is 13.6. The molecule has 1 aromatic carbocycles. The largest absolute Gasteiger partial charge is 0.494 e. The number of hydrogen-bond acceptors (Lipinski definition) is 4. The molecule has 1 aromatic rings. The van der Waals surface area contributed by atoms with E-state index in [-0.39, 0.29) is 5.97 Å². The second-order valence-electron chi connectivity index (χ2n) is 5.20. The molecule has 0 saturated carbocycles. The summed E-state index contributed by atoms with van der Waals surface area (Å²) in [5, 5.41) is 3.46. The molecule has 0 aliphatic heterocycles. The SMILES string of the molecule is CCCNC(C)(CC(=O)OCC)c1ccc(OCC)cc1. The van der Waals surface area contributed by atoms with Gasteiger partial charge in [-0.1, -0.05) is 19.1 Å². The fourth-order valence-corrected chi connectivity index (χ4v) is 2.25. The van der Waals surface area contributed by atoms with Gasteiger partial charge in [-0.25, -0.2) is 0 Å². The molecule has 0 radical (unpaired) electrons. The lowest BCUT2D eigenvalue weighted by atomic mass is 9.88. The Bertz CT molecular complexity index is 430. The van der Waals surface area contributed by atoms with Crippen molar-refractivity contribution in [2.24, 2.45) is 0 Å². The van der Waals surface area contributed by atoms with Crippen LogP contribution in [0.2, 0.25) is 0 Å². The van der Waals surface area contributed by atoms with Crippen LogP contribution in [0, 0.1) is 0 Å². The van der Waals surface area contributed by atoms with Crippen LogP contribution < -0.4 is 10.1 Å². The third-order valence-electron chi connectivity index (χ3n) is 3.37. The molecular formula is C17H27NO3. The number of hydrogen-bond donors (Lipinski definition) is 1. The number of ether oxygens (including phenoxy) is 2. The number of nitrogens with one attached hydrogen (secondary N) is 1. The first-order chi connectivity index (χ1) is 10.1. The van der Waals surface area contributed by atoms with Crippen LogP contribution in [0.25, 0.3) is 0 Å². The average Bonchev–Trinajstić information content (AvgIpc) is 2.46. The van der Waals surface area contributed by atoms with Gasteiger partial charge >= 0.3 is 5.97 Å². The summed E-state index contributed by atoms with van der Waals surface area (Å²) in [6, 6.07) is 7.89. The van der Waals surface area contributed by atoms with Gasteiger partial charge in [-0.05, 0) is 51.4 Å². The van der Waals surface area contributed by atoms with Crippen molar-refractivity contribution in [3.05, 3.63) is 29.8 Å². The summed E-state index contributed by atoms with van der Waals surface area (Å²) in [7, 11) is 0. The van der Waals surface area contributed by atoms with E-state index in [1.54, 1.807) is 0 Å². The molecule has 1 N–H and O–H groups in total. The van der Waals surface area contributed by atoms with Gasteiger partial charge in [0.15, 0.2) is 0 Å². The first kappa shape index (κ1) is 17.5. The maximum absolute atomic E-state index is 11.9. The maximum Gasteiger partial charge on any atom is 0.307 e. The van der Waals surface area contributed by atoms with Crippen LogP contribution >= 0.6 is 0 Å². The second kappa shape index (κ2) is 8.67. The van der Waals surface area contributed by atoms with Crippen LogP contribution in [0.5, 0.6) is 5.75 Å². The third kappa shape index (κ3) is 5.38. The molecule has 0 aromatic heterocycles. The predicted octanol–water partition coefficient (Wildman–Crippen LogP) is 3.25. The van der Waals surface area contributed by atoms with Gasteiger partial charge in [0.05, 0.1) is 25.2 Å². The summed E-state index contributed by atoms with van der Waals surface area (Å²) in [4.78, 5) is 11.9. The third-order valence-corrected chi connectivity index (χ3v) is 3.37. The monoisotopic (exact) mass is 293 g/mol. The smallest absolute Gasteiger partial charge is 0.307 e. The molecule has 1 rings (SSSR count). The Morgan fingerprint density at radius 1 is 1.14 bits per heavy atom.